The summed E-state index contributed by atoms with van der Waals surface area (Å²) in [5.41, 5.74) is -0.804. The molecule has 0 fully saturated rings. The van der Waals surface area contributed by atoms with E-state index in [9.17, 15) is 45.7 Å². The molecule has 5 aromatic rings. The molecule has 0 saturated carbocycles. The van der Waals surface area contributed by atoms with E-state index in [2.05, 4.69) is 20.9 Å². The first-order valence-corrected chi connectivity index (χ1v) is 17.3. The Bertz CT molecular complexity index is 2410. The summed E-state index contributed by atoms with van der Waals surface area (Å²) in [5.74, 6) is -1.46. The van der Waals surface area contributed by atoms with Crippen molar-refractivity contribution in [1.82, 2.24) is 5.32 Å². The molecule has 16 nitrogen and oxygen atoms in total. The Kier molecular flexibility index (Phi) is 9.91. The highest BCUT2D eigenvalue weighted by Gasteiger charge is 2.26. The second-order valence-corrected chi connectivity index (χ2v) is 13.4. The van der Waals surface area contributed by atoms with Gasteiger partial charge in [-0.15, -0.1) is 5.11 Å². The van der Waals surface area contributed by atoms with Crippen molar-refractivity contribution < 1.29 is 55.2 Å². The van der Waals surface area contributed by atoms with E-state index in [0.29, 0.717) is 22.3 Å². The average molecular weight is 725 g/mol. The van der Waals surface area contributed by atoms with Crippen molar-refractivity contribution in [3.8, 4) is 23.0 Å². The molecule has 0 atom stereocenters. The third-order valence-electron chi connectivity index (χ3n) is 7.17. The fourth-order valence-electron chi connectivity index (χ4n) is 4.97. The van der Waals surface area contributed by atoms with Gasteiger partial charge in [0.1, 0.15) is 41.0 Å². The summed E-state index contributed by atoms with van der Waals surface area (Å²) < 4.78 is 79.1. The van der Waals surface area contributed by atoms with Crippen molar-refractivity contribution in [2.75, 3.05) is 25.6 Å². The van der Waals surface area contributed by atoms with Crippen molar-refractivity contribution >= 4 is 70.7 Å². The lowest BCUT2D eigenvalue weighted by molar-refractivity contribution is -0.114. The summed E-state index contributed by atoms with van der Waals surface area (Å²) in [4.78, 5) is 22.4. The Balaban J connectivity index is 1.36. The molecule has 5 rings (SSSR count). The molecule has 18 heteroatoms. The van der Waals surface area contributed by atoms with Gasteiger partial charge < -0.3 is 30.3 Å². The zero-order valence-electron chi connectivity index (χ0n) is 26.1. The van der Waals surface area contributed by atoms with Crippen LogP contribution in [0.5, 0.6) is 23.0 Å². The molecule has 5 aromatic carbocycles. The smallest absolute Gasteiger partial charge is 0.296 e. The molecule has 0 heterocycles. The molecule has 0 aromatic heterocycles. The average Bonchev–Trinajstić information content (AvgIpc) is 3.06. The fourth-order valence-corrected chi connectivity index (χ4v) is 6.17. The molecule has 50 heavy (non-hydrogen) atoms. The van der Waals surface area contributed by atoms with Crippen LogP contribution in [0.1, 0.15) is 17.3 Å². The van der Waals surface area contributed by atoms with Gasteiger partial charge in [-0.05, 0) is 53.9 Å². The molecular formula is C32H28N4O12S2. The zero-order chi connectivity index (χ0) is 36.4. The maximum absolute atomic E-state index is 12.3. The number of hydrogen-bond acceptors (Lipinski definition) is 12. The number of phenolic OH excluding ortho intramolecular Hbond substituents is 2. The van der Waals surface area contributed by atoms with E-state index >= 15 is 0 Å². The first-order chi connectivity index (χ1) is 23.6. The van der Waals surface area contributed by atoms with Crippen LogP contribution in [-0.4, -0.2) is 68.2 Å². The van der Waals surface area contributed by atoms with E-state index in [0.717, 1.165) is 25.1 Å². The number of nitrogens with zero attached hydrogens (tertiary/aromatic N) is 2. The summed E-state index contributed by atoms with van der Waals surface area (Å²) >= 11 is 0. The Hall–Kier alpha value is -5.82. The summed E-state index contributed by atoms with van der Waals surface area (Å²) in [5, 5.41) is 34.7. The summed E-state index contributed by atoms with van der Waals surface area (Å²) in [6.45, 7) is 1.23. The van der Waals surface area contributed by atoms with Crippen molar-refractivity contribution in [2.24, 2.45) is 10.2 Å². The number of carbonyl (C=O) groups is 2. The number of hydrogen-bond donors (Lipinski definition) is 6. The summed E-state index contributed by atoms with van der Waals surface area (Å²) in [6.07, 6.45) is 0. The molecule has 0 spiro atoms. The van der Waals surface area contributed by atoms with Crippen molar-refractivity contribution in [2.45, 2.75) is 16.7 Å². The fraction of sp³-hybridized carbons (Fsp3) is 0.125. The van der Waals surface area contributed by atoms with Crippen LogP contribution in [-0.2, 0) is 25.0 Å². The molecular weight excluding hydrogens is 697 g/mol. The van der Waals surface area contributed by atoms with Gasteiger partial charge in [-0.3, -0.25) is 18.7 Å². The number of carbonyl (C=O) groups excluding carboxylic acids is 2. The van der Waals surface area contributed by atoms with Crippen LogP contribution in [0.3, 0.4) is 0 Å². The van der Waals surface area contributed by atoms with Gasteiger partial charge in [-0.25, -0.2) is 0 Å². The lowest BCUT2D eigenvalue weighted by Crippen LogP contribution is -2.18. The van der Waals surface area contributed by atoms with Gasteiger partial charge in [-0.1, -0.05) is 24.3 Å². The number of nitrogens with one attached hydrogen (secondary N) is 2. The number of anilines is 1. The molecule has 0 aliphatic heterocycles. The second-order valence-electron chi connectivity index (χ2n) is 10.6. The van der Waals surface area contributed by atoms with Crippen molar-refractivity contribution in [1.29, 1.82) is 0 Å². The van der Waals surface area contributed by atoms with Crippen LogP contribution in [0.25, 0.3) is 21.5 Å². The third kappa shape index (κ3) is 7.57. The van der Waals surface area contributed by atoms with Gasteiger partial charge >= 0.3 is 0 Å². The number of fused-ring (bicyclic) bond motifs is 2. The SMILES string of the molecule is CNC(=O)c1cc(OCCOc2ccc(/N=N\c3c(S(=O)(=O)O)cc4cc(S(=O)(=O)O)cc(NC(C)=O)c4c3O)cc2)c2ccccc2c1O. The first-order valence-electron chi connectivity index (χ1n) is 14.4. The van der Waals surface area contributed by atoms with Crippen LogP contribution in [0.2, 0.25) is 0 Å². The van der Waals surface area contributed by atoms with Gasteiger partial charge in [-0.2, -0.15) is 21.9 Å². The number of rotatable bonds is 11. The van der Waals surface area contributed by atoms with Gasteiger partial charge in [0, 0.05) is 30.1 Å². The van der Waals surface area contributed by atoms with Crippen LogP contribution in [0, 0.1) is 0 Å². The number of benzene rings is 5. The first kappa shape index (κ1) is 35.5. The number of phenols is 2. The van der Waals surface area contributed by atoms with Gasteiger partial charge in [0.2, 0.25) is 5.91 Å². The van der Waals surface area contributed by atoms with E-state index < -0.39 is 53.3 Å². The molecule has 0 radical (unpaired) electrons. The number of ether oxygens (including phenoxy) is 2. The third-order valence-corrected chi connectivity index (χ3v) is 8.87. The number of azo groups is 1. The highest BCUT2D eigenvalue weighted by atomic mass is 32.2. The monoisotopic (exact) mass is 724 g/mol. The van der Waals surface area contributed by atoms with Crippen LogP contribution < -0.4 is 20.1 Å². The lowest BCUT2D eigenvalue weighted by atomic mass is 10.0. The molecule has 6 N–H and O–H groups in total. The Labute approximate surface area is 284 Å². The Morgan fingerprint density at radius 3 is 2.08 bits per heavy atom. The van der Waals surface area contributed by atoms with Crippen molar-refractivity contribution in [3.63, 3.8) is 0 Å². The molecule has 260 valence electrons. The maximum atomic E-state index is 12.3. The minimum absolute atomic E-state index is 0.0482. The van der Waals surface area contributed by atoms with Gasteiger partial charge in [0.05, 0.1) is 21.8 Å². The maximum Gasteiger partial charge on any atom is 0.296 e. The van der Waals surface area contributed by atoms with E-state index in [4.69, 9.17) is 9.47 Å². The predicted molar refractivity (Wildman–Crippen MR) is 180 cm³/mol. The van der Waals surface area contributed by atoms with Crippen LogP contribution in [0.4, 0.5) is 17.1 Å². The van der Waals surface area contributed by atoms with Gasteiger partial charge in [0.25, 0.3) is 26.1 Å². The van der Waals surface area contributed by atoms with E-state index in [1.54, 1.807) is 24.3 Å². The van der Waals surface area contributed by atoms with Crippen molar-refractivity contribution in [3.05, 3.63) is 78.4 Å². The standard InChI is InChI=1S/C32H28N4O12S2/c1-17(37)34-25-15-21(49(41,42)43)13-18-14-27(50(44,45)46)29(31(39)28(18)25)36-35-19-7-9-20(10-8-19)47-11-12-48-26-16-24(32(40)33-2)30(38)23-6-4-3-5-22(23)26/h3-10,13-16,38-39H,11-12H2,1-2H3,(H,33,40)(H,34,37)(H,41,42,43)(H,44,45,46)/b36-35-. The molecule has 0 saturated heterocycles. The predicted octanol–water partition coefficient (Wildman–Crippen LogP) is 5.09. The topological polar surface area (TPSA) is 251 Å². The number of aromatic hydroxyl groups is 2. The highest BCUT2D eigenvalue weighted by molar-refractivity contribution is 7.86. The minimum atomic E-state index is -5.08. The largest absolute Gasteiger partial charge is 0.506 e. The second kappa shape index (κ2) is 14.0. The van der Waals surface area contributed by atoms with Gasteiger partial charge in [0.15, 0.2) is 5.75 Å². The van der Waals surface area contributed by atoms with E-state index in [-0.39, 0.29) is 46.7 Å². The molecule has 0 unspecified atom stereocenters. The van der Waals surface area contributed by atoms with Crippen LogP contribution >= 0.6 is 0 Å². The van der Waals surface area contributed by atoms with E-state index in [1.807, 2.05) is 0 Å². The Morgan fingerprint density at radius 2 is 1.46 bits per heavy atom. The minimum Gasteiger partial charge on any atom is -0.506 e. The molecule has 0 bridgehead atoms. The number of amides is 2. The molecule has 0 aliphatic rings. The Morgan fingerprint density at radius 1 is 0.800 bits per heavy atom. The summed E-state index contributed by atoms with van der Waals surface area (Å²) in [6, 6.07) is 16.8. The molecule has 0 aliphatic carbocycles. The normalized spacial score (nSPS) is 11.9. The summed E-state index contributed by atoms with van der Waals surface area (Å²) in [7, 11) is -8.47. The van der Waals surface area contributed by atoms with E-state index in [1.165, 1.54) is 37.4 Å². The zero-order valence-corrected chi connectivity index (χ0v) is 27.7. The molecule has 2 amide bonds. The highest BCUT2D eigenvalue weighted by Crippen LogP contribution is 2.45. The quantitative estimate of drug-likeness (QED) is 0.0592. The lowest BCUT2D eigenvalue weighted by Gasteiger charge is -2.14. The van der Waals surface area contributed by atoms with Crippen LogP contribution in [0.15, 0.2) is 92.8 Å².